The van der Waals surface area contributed by atoms with Crippen molar-refractivity contribution in [3.63, 3.8) is 0 Å². The van der Waals surface area contributed by atoms with Gasteiger partial charge in [-0.1, -0.05) is 30.3 Å². The zero-order chi connectivity index (χ0) is 20.1. The molecule has 2 aromatic carbocycles. The molecule has 0 atom stereocenters. The van der Waals surface area contributed by atoms with E-state index in [9.17, 15) is 4.79 Å². The van der Waals surface area contributed by atoms with Crippen molar-refractivity contribution in [3.05, 3.63) is 78.1 Å². The van der Waals surface area contributed by atoms with Gasteiger partial charge < -0.3 is 15.4 Å². The molecule has 0 bridgehead atoms. The number of nitrogens with one attached hydrogen (secondary N) is 2. The van der Waals surface area contributed by atoms with Gasteiger partial charge in [-0.25, -0.2) is 0 Å². The van der Waals surface area contributed by atoms with Gasteiger partial charge in [0, 0.05) is 18.1 Å². The van der Waals surface area contributed by atoms with E-state index in [-0.39, 0.29) is 5.91 Å². The third-order valence-electron chi connectivity index (χ3n) is 5.63. The maximum atomic E-state index is 13.4. The second kappa shape index (κ2) is 8.49. The number of carbonyl (C=O) groups excluding carboxylic acids is 1. The van der Waals surface area contributed by atoms with Crippen LogP contribution in [0.5, 0.6) is 5.75 Å². The zero-order valence-electron chi connectivity index (χ0n) is 16.6. The van der Waals surface area contributed by atoms with Crippen LogP contribution in [0.1, 0.15) is 24.0 Å². The highest BCUT2D eigenvalue weighted by molar-refractivity contribution is 5.97. The number of piperidine rings is 1. The number of rotatable bonds is 6. The number of ether oxygens (including phenoxy) is 1. The minimum Gasteiger partial charge on any atom is -0.489 e. The van der Waals surface area contributed by atoms with E-state index in [0.29, 0.717) is 19.4 Å². The Labute approximate surface area is 170 Å². The number of benzene rings is 2. The lowest BCUT2D eigenvalue weighted by atomic mass is 9.87. The van der Waals surface area contributed by atoms with E-state index < -0.39 is 5.54 Å². The predicted molar refractivity (Wildman–Crippen MR) is 113 cm³/mol. The Morgan fingerprint density at radius 1 is 1.14 bits per heavy atom. The van der Waals surface area contributed by atoms with Crippen LogP contribution in [0.3, 0.4) is 0 Å². The average molecular weight is 390 g/mol. The lowest BCUT2D eigenvalue weighted by Crippen LogP contribution is -2.52. The predicted octanol–water partition coefficient (Wildman–Crippen LogP) is 3.49. The monoisotopic (exact) mass is 390 g/mol. The molecule has 1 aromatic heterocycles. The molecule has 0 radical (unpaired) electrons. The number of anilines is 1. The van der Waals surface area contributed by atoms with Crippen LogP contribution in [0.2, 0.25) is 0 Å². The summed E-state index contributed by atoms with van der Waals surface area (Å²) in [7, 11) is 0. The molecule has 1 amide bonds. The van der Waals surface area contributed by atoms with Crippen LogP contribution in [-0.4, -0.2) is 28.8 Å². The van der Waals surface area contributed by atoms with E-state index in [0.717, 1.165) is 35.7 Å². The van der Waals surface area contributed by atoms with E-state index in [4.69, 9.17) is 4.74 Å². The highest BCUT2D eigenvalue weighted by atomic mass is 16.5. The first-order chi connectivity index (χ1) is 14.2. The Morgan fingerprint density at radius 3 is 2.66 bits per heavy atom. The second-order valence-electron chi connectivity index (χ2n) is 7.38. The van der Waals surface area contributed by atoms with E-state index in [1.165, 1.54) is 0 Å². The fourth-order valence-corrected chi connectivity index (χ4v) is 3.81. The topological polar surface area (TPSA) is 68.2 Å². The Kier molecular flexibility index (Phi) is 5.62. The molecule has 2 N–H and O–H groups in total. The van der Waals surface area contributed by atoms with Crippen molar-refractivity contribution < 1.29 is 9.53 Å². The molecular weight excluding hydrogens is 364 g/mol. The van der Waals surface area contributed by atoms with Crippen molar-refractivity contribution in [3.8, 4) is 5.75 Å². The SMILES string of the molecule is Cc1c(COc2ccccc2)cccc1NC(=O)C1(n2cccn2)CCNCC1. The van der Waals surface area contributed by atoms with Gasteiger partial charge in [-0.2, -0.15) is 5.10 Å². The molecule has 2 heterocycles. The van der Waals surface area contributed by atoms with Gasteiger partial charge >= 0.3 is 0 Å². The number of nitrogens with zero attached hydrogens (tertiary/aromatic N) is 2. The molecule has 4 rings (SSSR count). The first kappa shape index (κ1) is 19.2. The van der Waals surface area contributed by atoms with Crippen LogP contribution in [0.4, 0.5) is 5.69 Å². The van der Waals surface area contributed by atoms with E-state index in [2.05, 4.69) is 15.7 Å². The molecule has 29 heavy (non-hydrogen) atoms. The minimum absolute atomic E-state index is 0.0214. The Morgan fingerprint density at radius 2 is 1.93 bits per heavy atom. The van der Waals surface area contributed by atoms with Crippen LogP contribution in [0.25, 0.3) is 0 Å². The molecule has 1 aliphatic rings. The summed E-state index contributed by atoms with van der Waals surface area (Å²) in [4.78, 5) is 13.4. The number of aromatic nitrogens is 2. The van der Waals surface area contributed by atoms with Crippen molar-refractivity contribution in [1.29, 1.82) is 0 Å². The van der Waals surface area contributed by atoms with Crippen LogP contribution in [0, 0.1) is 6.92 Å². The summed E-state index contributed by atoms with van der Waals surface area (Å²) >= 11 is 0. The normalized spacial score (nSPS) is 15.6. The smallest absolute Gasteiger partial charge is 0.252 e. The Hall–Kier alpha value is -3.12. The van der Waals surface area contributed by atoms with Gasteiger partial charge in [-0.3, -0.25) is 9.48 Å². The maximum absolute atomic E-state index is 13.4. The first-order valence-electron chi connectivity index (χ1n) is 9.98. The molecule has 6 nitrogen and oxygen atoms in total. The molecule has 6 heteroatoms. The molecule has 0 saturated carbocycles. The van der Waals surface area contributed by atoms with Crippen molar-refractivity contribution >= 4 is 11.6 Å². The molecule has 1 fully saturated rings. The summed E-state index contributed by atoms with van der Waals surface area (Å²) in [6, 6.07) is 17.5. The van der Waals surface area contributed by atoms with Crippen LogP contribution >= 0.6 is 0 Å². The summed E-state index contributed by atoms with van der Waals surface area (Å²) in [5.74, 6) is 0.806. The zero-order valence-corrected chi connectivity index (χ0v) is 16.6. The number of hydrogen-bond donors (Lipinski definition) is 2. The van der Waals surface area contributed by atoms with E-state index >= 15 is 0 Å². The maximum Gasteiger partial charge on any atom is 0.252 e. The molecule has 0 aliphatic carbocycles. The van der Waals surface area contributed by atoms with E-state index in [1.807, 2.05) is 67.7 Å². The van der Waals surface area contributed by atoms with Crippen molar-refractivity contribution in [1.82, 2.24) is 15.1 Å². The fraction of sp³-hybridized carbons (Fsp3) is 0.304. The largest absolute Gasteiger partial charge is 0.489 e. The van der Waals surface area contributed by atoms with Crippen LogP contribution < -0.4 is 15.4 Å². The summed E-state index contributed by atoms with van der Waals surface area (Å²) in [6.07, 6.45) is 5.01. The molecular formula is C23H26N4O2. The van der Waals surface area contributed by atoms with E-state index in [1.54, 1.807) is 10.9 Å². The third-order valence-corrected chi connectivity index (χ3v) is 5.63. The van der Waals surface area contributed by atoms with Gasteiger partial charge in [0.05, 0.1) is 0 Å². The highest BCUT2D eigenvalue weighted by Crippen LogP contribution is 2.30. The third kappa shape index (κ3) is 4.03. The lowest BCUT2D eigenvalue weighted by Gasteiger charge is -2.36. The van der Waals surface area contributed by atoms with Gasteiger partial charge in [-0.15, -0.1) is 0 Å². The standard InChI is InChI=1S/C23H26N4O2/c1-18-19(17-29-20-8-3-2-4-9-20)7-5-10-21(18)26-22(28)23(11-14-24-15-12-23)27-16-6-13-25-27/h2-10,13,16,24H,11-12,14-15,17H2,1H3,(H,26,28). The minimum atomic E-state index is -0.669. The summed E-state index contributed by atoms with van der Waals surface area (Å²) in [5.41, 5.74) is 2.21. The van der Waals surface area contributed by atoms with Crippen molar-refractivity contribution in [2.24, 2.45) is 0 Å². The number of hydrogen-bond acceptors (Lipinski definition) is 4. The van der Waals surface area contributed by atoms with Gasteiger partial charge in [0.2, 0.25) is 0 Å². The molecule has 150 valence electrons. The summed E-state index contributed by atoms with van der Waals surface area (Å²) in [6.45, 7) is 4.05. The summed E-state index contributed by atoms with van der Waals surface area (Å²) in [5, 5.41) is 10.9. The summed E-state index contributed by atoms with van der Waals surface area (Å²) < 4.78 is 7.70. The van der Waals surface area contributed by atoms with Gasteiger partial charge in [0.1, 0.15) is 17.9 Å². The second-order valence-corrected chi connectivity index (χ2v) is 7.38. The lowest BCUT2D eigenvalue weighted by molar-refractivity contribution is -0.126. The van der Waals surface area contributed by atoms with Gasteiger partial charge in [-0.05, 0) is 68.2 Å². The average Bonchev–Trinajstić information content (AvgIpc) is 3.31. The molecule has 1 saturated heterocycles. The Balaban J connectivity index is 1.53. The van der Waals surface area contributed by atoms with Crippen molar-refractivity contribution in [2.45, 2.75) is 31.9 Å². The number of para-hydroxylation sites is 1. The van der Waals surface area contributed by atoms with Gasteiger partial charge in [0.25, 0.3) is 5.91 Å². The molecule has 1 aliphatic heterocycles. The first-order valence-corrected chi connectivity index (χ1v) is 9.98. The molecule has 0 spiro atoms. The Bertz CT molecular complexity index is 948. The fourth-order valence-electron chi connectivity index (χ4n) is 3.81. The number of carbonyl (C=O) groups is 1. The van der Waals surface area contributed by atoms with Crippen LogP contribution in [-0.2, 0) is 16.9 Å². The van der Waals surface area contributed by atoms with Crippen molar-refractivity contribution in [2.75, 3.05) is 18.4 Å². The quantitative estimate of drug-likeness (QED) is 0.676. The number of amides is 1. The highest BCUT2D eigenvalue weighted by Gasteiger charge is 2.42. The molecule has 3 aromatic rings. The molecule has 0 unspecified atom stereocenters. The van der Waals surface area contributed by atoms with Crippen LogP contribution in [0.15, 0.2) is 67.0 Å². The van der Waals surface area contributed by atoms with Gasteiger partial charge in [0.15, 0.2) is 0 Å².